The molecule has 2 fully saturated rings. The Bertz CT molecular complexity index is 428. The van der Waals surface area contributed by atoms with Crippen LogP contribution in [0.4, 0.5) is 0 Å². The third-order valence-electron chi connectivity index (χ3n) is 3.96. The first-order valence-corrected chi connectivity index (χ1v) is 9.16. The molecule has 0 saturated heterocycles. The molecule has 0 heterocycles. The fraction of sp³-hybridized carbons (Fsp3) is 0.923. The molecule has 20 heavy (non-hydrogen) atoms. The predicted octanol–water partition coefficient (Wildman–Crippen LogP) is 0.281. The summed E-state index contributed by atoms with van der Waals surface area (Å²) in [5.41, 5.74) is 0. The van der Waals surface area contributed by atoms with Gasteiger partial charge < -0.3 is 10.6 Å². The van der Waals surface area contributed by atoms with E-state index in [2.05, 4.69) is 20.3 Å². The van der Waals surface area contributed by atoms with Crippen molar-refractivity contribution >= 4 is 16.0 Å². The van der Waals surface area contributed by atoms with Gasteiger partial charge in [-0.25, -0.2) is 13.1 Å². The molecule has 116 valence electrons. The summed E-state index contributed by atoms with van der Waals surface area (Å²) in [6.07, 6.45) is 6.10. The molecule has 0 aliphatic heterocycles. The van der Waals surface area contributed by atoms with Crippen molar-refractivity contribution in [2.75, 3.05) is 32.4 Å². The van der Waals surface area contributed by atoms with Crippen molar-refractivity contribution in [3.8, 4) is 0 Å². The minimum absolute atomic E-state index is 0.0872. The van der Waals surface area contributed by atoms with E-state index in [0.29, 0.717) is 25.0 Å². The fourth-order valence-electron chi connectivity index (χ4n) is 2.10. The lowest BCUT2D eigenvalue weighted by Gasteiger charge is -2.25. The molecule has 6 nitrogen and oxygen atoms in total. The van der Waals surface area contributed by atoms with Crippen LogP contribution in [0.1, 0.15) is 32.1 Å². The van der Waals surface area contributed by atoms with Gasteiger partial charge in [0.15, 0.2) is 5.96 Å². The topological polar surface area (TPSA) is 82.6 Å². The second kappa shape index (κ2) is 7.26. The molecule has 0 bridgehead atoms. The molecule has 3 N–H and O–H groups in total. The van der Waals surface area contributed by atoms with Gasteiger partial charge in [0.1, 0.15) is 0 Å². The van der Waals surface area contributed by atoms with Crippen LogP contribution >= 0.6 is 0 Å². The number of hydrogen-bond acceptors (Lipinski definition) is 3. The van der Waals surface area contributed by atoms with Crippen molar-refractivity contribution in [3.63, 3.8) is 0 Å². The van der Waals surface area contributed by atoms with E-state index in [4.69, 9.17) is 0 Å². The Hall–Kier alpha value is -0.820. The largest absolute Gasteiger partial charge is 0.356 e. The summed E-state index contributed by atoms with van der Waals surface area (Å²) in [7, 11) is -1.47. The van der Waals surface area contributed by atoms with E-state index < -0.39 is 10.0 Å². The molecule has 0 spiro atoms. The standard InChI is InChI=1S/C13H26N4O2S/c1-14-13(16-9-12-5-6-12)15-7-8-20(18,19)17-10-11-3-2-4-11/h11-12,17H,2-10H2,1H3,(H2,14,15,16). The van der Waals surface area contributed by atoms with Gasteiger partial charge in [-0.3, -0.25) is 4.99 Å². The molecular formula is C13H26N4O2S. The van der Waals surface area contributed by atoms with Gasteiger partial charge >= 0.3 is 0 Å². The predicted molar refractivity (Wildman–Crippen MR) is 81.2 cm³/mol. The fourth-order valence-corrected chi connectivity index (χ4v) is 3.11. The van der Waals surface area contributed by atoms with Gasteiger partial charge in [0.05, 0.1) is 5.75 Å². The third-order valence-corrected chi connectivity index (χ3v) is 5.31. The normalized spacial score (nSPS) is 20.6. The molecule has 2 aliphatic carbocycles. The molecule has 0 aromatic rings. The van der Waals surface area contributed by atoms with E-state index >= 15 is 0 Å². The van der Waals surface area contributed by atoms with E-state index in [0.717, 1.165) is 25.3 Å². The summed E-state index contributed by atoms with van der Waals surface area (Å²) < 4.78 is 26.3. The highest BCUT2D eigenvalue weighted by molar-refractivity contribution is 7.89. The van der Waals surface area contributed by atoms with Gasteiger partial charge in [0, 0.05) is 26.7 Å². The van der Waals surface area contributed by atoms with E-state index in [-0.39, 0.29) is 5.75 Å². The first-order valence-electron chi connectivity index (χ1n) is 7.51. The summed E-state index contributed by atoms with van der Waals surface area (Å²) in [6.45, 7) is 1.90. The summed E-state index contributed by atoms with van der Waals surface area (Å²) >= 11 is 0. The van der Waals surface area contributed by atoms with Crippen LogP contribution in [0.3, 0.4) is 0 Å². The van der Waals surface area contributed by atoms with E-state index in [1.54, 1.807) is 7.05 Å². The smallest absolute Gasteiger partial charge is 0.213 e. The summed E-state index contributed by atoms with van der Waals surface area (Å²) in [5.74, 6) is 2.09. The second-order valence-electron chi connectivity index (χ2n) is 5.79. The minimum atomic E-state index is -3.17. The number of hydrogen-bond donors (Lipinski definition) is 3. The minimum Gasteiger partial charge on any atom is -0.356 e. The zero-order valence-electron chi connectivity index (χ0n) is 12.2. The number of sulfonamides is 1. The average Bonchev–Trinajstić information content (AvgIpc) is 3.15. The number of guanidine groups is 1. The molecule has 2 saturated carbocycles. The van der Waals surface area contributed by atoms with Crippen LogP contribution in [0.2, 0.25) is 0 Å². The van der Waals surface area contributed by atoms with Gasteiger partial charge in [-0.1, -0.05) is 6.42 Å². The van der Waals surface area contributed by atoms with Gasteiger partial charge in [0.25, 0.3) is 0 Å². The van der Waals surface area contributed by atoms with Gasteiger partial charge in [-0.15, -0.1) is 0 Å². The first kappa shape index (κ1) is 15.6. The molecule has 0 aromatic heterocycles. The number of nitrogens with zero attached hydrogens (tertiary/aromatic N) is 1. The highest BCUT2D eigenvalue weighted by Crippen LogP contribution is 2.27. The Morgan fingerprint density at radius 1 is 1.10 bits per heavy atom. The highest BCUT2D eigenvalue weighted by Gasteiger charge is 2.21. The van der Waals surface area contributed by atoms with Gasteiger partial charge in [0.2, 0.25) is 10.0 Å². The van der Waals surface area contributed by atoms with Crippen LogP contribution in [0.15, 0.2) is 4.99 Å². The molecule has 2 aliphatic rings. The zero-order chi connectivity index (χ0) is 14.4. The maximum atomic E-state index is 11.8. The Labute approximate surface area is 121 Å². The number of nitrogens with one attached hydrogen (secondary N) is 3. The summed E-state index contributed by atoms with van der Waals surface area (Å²) in [6, 6.07) is 0. The molecule has 2 rings (SSSR count). The van der Waals surface area contributed by atoms with Crippen molar-refractivity contribution in [1.82, 2.24) is 15.4 Å². The van der Waals surface area contributed by atoms with E-state index in [9.17, 15) is 8.42 Å². The van der Waals surface area contributed by atoms with Crippen LogP contribution in [0.25, 0.3) is 0 Å². The second-order valence-corrected chi connectivity index (χ2v) is 7.71. The van der Waals surface area contributed by atoms with Crippen LogP contribution in [0.5, 0.6) is 0 Å². The zero-order valence-corrected chi connectivity index (χ0v) is 13.0. The van der Waals surface area contributed by atoms with Crippen LogP contribution in [-0.2, 0) is 10.0 Å². The van der Waals surface area contributed by atoms with E-state index in [1.807, 2.05) is 0 Å². The highest BCUT2D eigenvalue weighted by atomic mass is 32.2. The maximum Gasteiger partial charge on any atom is 0.213 e. The lowest BCUT2D eigenvalue weighted by atomic mass is 9.86. The number of rotatable bonds is 8. The molecule has 0 amide bonds. The number of aliphatic imine (C=N–C) groups is 1. The van der Waals surface area contributed by atoms with Crippen molar-refractivity contribution < 1.29 is 8.42 Å². The van der Waals surface area contributed by atoms with Crippen LogP contribution in [-0.4, -0.2) is 46.8 Å². The van der Waals surface area contributed by atoms with Crippen LogP contribution < -0.4 is 15.4 Å². The molecule has 0 atom stereocenters. The van der Waals surface area contributed by atoms with Crippen molar-refractivity contribution in [1.29, 1.82) is 0 Å². The lowest BCUT2D eigenvalue weighted by molar-refractivity contribution is 0.316. The third kappa shape index (κ3) is 5.66. The Morgan fingerprint density at radius 2 is 1.80 bits per heavy atom. The Kier molecular flexibility index (Phi) is 5.65. The molecule has 0 unspecified atom stereocenters. The maximum absolute atomic E-state index is 11.8. The van der Waals surface area contributed by atoms with Gasteiger partial charge in [-0.2, -0.15) is 0 Å². The Morgan fingerprint density at radius 3 is 2.35 bits per heavy atom. The first-order chi connectivity index (χ1) is 9.59. The van der Waals surface area contributed by atoms with E-state index in [1.165, 1.54) is 19.3 Å². The molecule has 7 heteroatoms. The average molecular weight is 302 g/mol. The molecular weight excluding hydrogens is 276 g/mol. The molecule has 0 radical (unpaired) electrons. The SMILES string of the molecule is CN=C(NCCS(=O)(=O)NCC1CCC1)NCC1CC1. The van der Waals surface area contributed by atoms with Crippen molar-refractivity contribution in [2.45, 2.75) is 32.1 Å². The summed E-state index contributed by atoms with van der Waals surface area (Å²) in [5, 5.41) is 6.25. The lowest BCUT2D eigenvalue weighted by Crippen LogP contribution is -2.42. The Balaban J connectivity index is 1.59. The quantitative estimate of drug-likeness (QED) is 0.444. The monoisotopic (exact) mass is 302 g/mol. The molecule has 0 aromatic carbocycles. The van der Waals surface area contributed by atoms with Crippen molar-refractivity contribution in [3.05, 3.63) is 0 Å². The van der Waals surface area contributed by atoms with Crippen molar-refractivity contribution in [2.24, 2.45) is 16.8 Å². The van der Waals surface area contributed by atoms with Gasteiger partial charge in [-0.05, 0) is 37.5 Å². The summed E-state index contributed by atoms with van der Waals surface area (Å²) in [4.78, 5) is 4.08. The van der Waals surface area contributed by atoms with Crippen LogP contribution in [0, 0.1) is 11.8 Å².